The van der Waals surface area contributed by atoms with E-state index < -0.39 is 11.7 Å². The number of pyridine rings is 1. The summed E-state index contributed by atoms with van der Waals surface area (Å²) in [6.07, 6.45) is 6.41. The zero-order valence-electron chi connectivity index (χ0n) is 15.7. The van der Waals surface area contributed by atoms with Crippen molar-refractivity contribution in [3.05, 3.63) is 29.3 Å². The average Bonchev–Trinajstić information content (AvgIpc) is 2.62. The van der Waals surface area contributed by atoms with E-state index in [0.717, 1.165) is 38.0 Å². The molecule has 8 N–H and O–H groups in total. The lowest BCUT2D eigenvalue weighted by Gasteiger charge is -2.30. The second-order valence-corrected chi connectivity index (χ2v) is 6.97. The summed E-state index contributed by atoms with van der Waals surface area (Å²) < 4.78 is 14.5. The van der Waals surface area contributed by atoms with Crippen molar-refractivity contribution in [2.45, 2.75) is 57.7 Å². The van der Waals surface area contributed by atoms with Gasteiger partial charge in [0, 0.05) is 30.5 Å². The fourth-order valence-corrected chi connectivity index (χ4v) is 2.89. The van der Waals surface area contributed by atoms with Crippen LogP contribution in [-0.2, 0) is 0 Å². The Morgan fingerprint density at radius 2 is 2.07 bits per heavy atom. The smallest absolute Gasteiger partial charge is 0.252 e. The highest BCUT2D eigenvalue weighted by Crippen LogP contribution is 2.25. The van der Waals surface area contributed by atoms with E-state index in [1.54, 1.807) is 6.20 Å². The Balaban J connectivity index is 2.32. The van der Waals surface area contributed by atoms with Gasteiger partial charge < -0.3 is 32.8 Å². The Morgan fingerprint density at radius 1 is 1.37 bits per heavy atom. The van der Waals surface area contributed by atoms with Gasteiger partial charge in [0.1, 0.15) is 5.82 Å². The van der Waals surface area contributed by atoms with Crippen LogP contribution in [0.3, 0.4) is 0 Å². The van der Waals surface area contributed by atoms with Crippen LogP contribution in [0.4, 0.5) is 16.0 Å². The number of aromatic nitrogens is 1. The van der Waals surface area contributed by atoms with Gasteiger partial charge >= 0.3 is 0 Å². The zero-order chi connectivity index (χ0) is 20.0. The van der Waals surface area contributed by atoms with Crippen molar-refractivity contribution >= 4 is 23.8 Å². The molecule has 0 aromatic carbocycles. The number of rotatable bonds is 8. The van der Waals surface area contributed by atoms with Gasteiger partial charge in [-0.15, -0.1) is 0 Å². The summed E-state index contributed by atoms with van der Waals surface area (Å²) in [6.45, 7) is 3.89. The number of primary amides is 1. The normalized spacial score (nSPS) is 20.3. The first kappa shape index (κ1) is 20.6. The maximum Gasteiger partial charge on any atom is 0.252 e. The third-order valence-electron chi connectivity index (χ3n) is 4.37. The maximum atomic E-state index is 14.5. The largest absolute Gasteiger partial charge is 0.387 e. The molecule has 0 bridgehead atoms. The molecule has 0 aliphatic heterocycles. The Hall–Kier alpha value is -2.68. The molecular formula is C18H28FN7O. The number of carbonyl (C=O) groups is 1. The predicted molar refractivity (Wildman–Crippen MR) is 105 cm³/mol. The molecule has 1 aliphatic rings. The molecule has 9 heteroatoms. The average molecular weight is 377 g/mol. The molecule has 2 unspecified atom stereocenters. The van der Waals surface area contributed by atoms with Crippen LogP contribution in [0.2, 0.25) is 0 Å². The number of nitrogens with one attached hydrogen (secondary N) is 4. The van der Waals surface area contributed by atoms with Gasteiger partial charge in [0.15, 0.2) is 11.6 Å². The van der Waals surface area contributed by atoms with Crippen LogP contribution < -0.4 is 27.4 Å². The number of carbonyl (C=O) groups excluding carboxylic acids is 1. The molecular weight excluding hydrogens is 349 g/mol. The Morgan fingerprint density at radius 3 is 2.67 bits per heavy atom. The number of amides is 1. The fraction of sp³-hybridized carbons (Fsp3) is 0.500. The summed E-state index contributed by atoms with van der Waals surface area (Å²) in [7, 11) is 0. The summed E-state index contributed by atoms with van der Waals surface area (Å²) in [5.74, 6) is -1.40. The minimum atomic E-state index is -0.814. The van der Waals surface area contributed by atoms with Gasteiger partial charge in [-0.05, 0) is 32.8 Å². The van der Waals surface area contributed by atoms with Crippen molar-refractivity contribution in [2.24, 2.45) is 11.5 Å². The fourth-order valence-electron chi connectivity index (χ4n) is 2.89. The van der Waals surface area contributed by atoms with Crippen molar-refractivity contribution in [3.63, 3.8) is 0 Å². The second-order valence-electron chi connectivity index (χ2n) is 6.97. The van der Waals surface area contributed by atoms with Crippen LogP contribution in [0.1, 0.15) is 49.9 Å². The van der Waals surface area contributed by atoms with E-state index in [0.29, 0.717) is 5.70 Å². The highest BCUT2D eigenvalue weighted by Gasteiger charge is 2.24. The topological polar surface area (TPSA) is 142 Å². The van der Waals surface area contributed by atoms with Crippen molar-refractivity contribution in [1.82, 2.24) is 10.3 Å². The molecule has 8 nitrogen and oxygen atoms in total. The highest BCUT2D eigenvalue weighted by molar-refractivity contribution is 5.99. The van der Waals surface area contributed by atoms with Gasteiger partial charge in [-0.25, -0.2) is 9.37 Å². The van der Waals surface area contributed by atoms with Crippen LogP contribution in [0.15, 0.2) is 18.0 Å². The first-order valence-electron chi connectivity index (χ1n) is 9.08. The number of anilines is 2. The molecule has 0 saturated heterocycles. The monoisotopic (exact) mass is 377 g/mol. The molecule has 1 aromatic heterocycles. The Kier molecular flexibility index (Phi) is 7.12. The minimum Gasteiger partial charge on any atom is -0.387 e. The standard InChI is InChI=1S/C18H28FN7O/c1-10(2)23-9-11(8-20)24-17-12(16(22)27)7-13(19)18(26-17)25-15-6-4-3-5-14(15)21/h7-10,14-15,20,23H,3-6,21H2,1-2H3,(H2,22,27)(H2,24,25,26)/b11-9+,20-8?. The molecule has 2 rings (SSSR count). The number of hydrogen-bond donors (Lipinski definition) is 6. The number of halogens is 1. The molecule has 0 radical (unpaired) electrons. The number of nitrogens with zero attached hydrogens (tertiary/aromatic N) is 1. The minimum absolute atomic E-state index is 0.00555. The van der Waals surface area contributed by atoms with Gasteiger partial charge in [0.2, 0.25) is 0 Å². The lowest BCUT2D eigenvalue weighted by molar-refractivity contribution is 0.100. The molecule has 1 saturated carbocycles. The first-order chi connectivity index (χ1) is 12.8. The molecule has 0 spiro atoms. The second kappa shape index (κ2) is 9.31. The Bertz CT molecular complexity index is 720. The van der Waals surface area contributed by atoms with E-state index in [9.17, 15) is 9.18 Å². The molecule has 1 amide bonds. The summed E-state index contributed by atoms with van der Waals surface area (Å²) in [6, 6.07) is 1.03. The van der Waals surface area contributed by atoms with Gasteiger partial charge in [-0.1, -0.05) is 12.8 Å². The van der Waals surface area contributed by atoms with Crippen LogP contribution in [0.25, 0.3) is 0 Å². The molecule has 2 atom stereocenters. The predicted octanol–water partition coefficient (Wildman–Crippen LogP) is 1.90. The van der Waals surface area contributed by atoms with Gasteiger partial charge in [0.05, 0.1) is 11.3 Å². The van der Waals surface area contributed by atoms with E-state index in [4.69, 9.17) is 16.9 Å². The van der Waals surface area contributed by atoms with Crippen molar-refractivity contribution in [2.75, 3.05) is 10.6 Å². The molecule has 148 valence electrons. The third-order valence-corrected chi connectivity index (χ3v) is 4.37. The van der Waals surface area contributed by atoms with E-state index >= 15 is 0 Å². The van der Waals surface area contributed by atoms with Crippen molar-refractivity contribution in [1.29, 1.82) is 5.41 Å². The zero-order valence-corrected chi connectivity index (χ0v) is 15.7. The summed E-state index contributed by atoms with van der Waals surface area (Å²) >= 11 is 0. The summed E-state index contributed by atoms with van der Waals surface area (Å²) in [5, 5.41) is 16.5. The molecule has 27 heavy (non-hydrogen) atoms. The number of hydrogen-bond acceptors (Lipinski definition) is 7. The van der Waals surface area contributed by atoms with E-state index in [2.05, 4.69) is 20.9 Å². The van der Waals surface area contributed by atoms with Crippen LogP contribution in [0, 0.1) is 11.2 Å². The van der Waals surface area contributed by atoms with E-state index in [1.807, 2.05) is 13.8 Å². The number of nitrogens with two attached hydrogens (primary N) is 2. The highest BCUT2D eigenvalue weighted by atomic mass is 19.1. The molecule has 1 heterocycles. The molecule has 1 aromatic rings. The molecule has 1 fully saturated rings. The lowest BCUT2D eigenvalue weighted by atomic mass is 9.91. The maximum absolute atomic E-state index is 14.5. The van der Waals surface area contributed by atoms with Gasteiger partial charge in [-0.2, -0.15) is 0 Å². The van der Waals surface area contributed by atoms with Crippen LogP contribution in [-0.4, -0.2) is 35.2 Å². The lowest BCUT2D eigenvalue weighted by Crippen LogP contribution is -2.43. The van der Waals surface area contributed by atoms with Crippen molar-refractivity contribution < 1.29 is 9.18 Å². The van der Waals surface area contributed by atoms with Crippen LogP contribution in [0.5, 0.6) is 0 Å². The van der Waals surface area contributed by atoms with Gasteiger partial charge in [-0.3, -0.25) is 4.79 Å². The quantitative estimate of drug-likeness (QED) is 0.382. The number of allylic oxidation sites excluding steroid dienone is 1. The SMILES string of the molecule is CC(C)N/C=C(\C=N)Nc1nc(NC2CCCCC2N)c(F)cc1C(N)=O. The van der Waals surface area contributed by atoms with E-state index in [-0.39, 0.29) is 35.3 Å². The van der Waals surface area contributed by atoms with Crippen LogP contribution >= 0.6 is 0 Å². The Labute approximate surface area is 158 Å². The molecule has 1 aliphatic carbocycles. The first-order valence-corrected chi connectivity index (χ1v) is 9.08. The van der Waals surface area contributed by atoms with E-state index in [1.165, 1.54) is 0 Å². The summed E-state index contributed by atoms with van der Waals surface area (Å²) in [4.78, 5) is 15.9. The van der Waals surface area contributed by atoms with Gasteiger partial charge in [0.25, 0.3) is 5.91 Å². The van der Waals surface area contributed by atoms with Crippen molar-refractivity contribution in [3.8, 4) is 0 Å². The third kappa shape index (κ3) is 5.65. The summed E-state index contributed by atoms with van der Waals surface area (Å²) in [5.41, 5.74) is 11.7.